The third-order valence-electron chi connectivity index (χ3n) is 4.54. The van der Waals surface area contributed by atoms with E-state index >= 15 is 0 Å². The Bertz CT molecular complexity index is 1070. The zero-order valence-corrected chi connectivity index (χ0v) is 20.5. The van der Waals surface area contributed by atoms with Crippen molar-refractivity contribution >= 4 is 34.2 Å². The molecule has 3 aromatic rings. The Morgan fingerprint density at radius 3 is 2.27 bits per heavy atom. The zero-order valence-electron chi connectivity index (χ0n) is 19.7. The van der Waals surface area contributed by atoms with E-state index in [0.29, 0.717) is 5.69 Å². The Morgan fingerprint density at radius 1 is 1.03 bits per heavy atom. The Hall–Kier alpha value is -3.39. The fraction of sp³-hybridized carbons (Fsp3) is 0.320. The van der Waals surface area contributed by atoms with Crippen LogP contribution >= 0.6 is 11.3 Å². The second kappa shape index (κ2) is 10.5. The molecule has 33 heavy (non-hydrogen) atoms. The molecule has 0 radical (unpaired) electrons. The lowest BCUT2D eigenvalue weighted by Crippen LogP contribution is -2.40. The third kappa shape index (κ3) is 7.32. The minimum atomic E-state index is -0.652. The Morgan fingerprint density at radius 2 is 1.70 bits per heavy atom. The van der Waals surface area contributed by atoms with Crippen molar-refractivity contribution in [3.8, 4) is 11.3 Å². The first-order valence-electron chi connectivity index (χ1n) is 10.7. The summed E-state index contributed by atoms with van der Waals surface area (Å²) in [5.74, 6) is -0.298. The van der Waals surface area contributed by atoms with Crippen molar-refractivity contribution in [1.29, 1.82) is 0 Å². The summed E-state index contributed by atoms with van der Waals surface area (Å²) in [6.45, 7) is 5.56. The van der Waals surface area contributed by atoms with Crippen LogP contribution in [0.4, 0.5) is 15.6 Å². The molecule has 0 saturated heterocycles. The first-order valence-corrected chi connectivity index (χ1v) is 11.5. The van der Waals surface area contributed by atoms with Gasteiger partial charge >= 0.3 is 6.09 Å². The fourth-order valence-electron chi connectivity index (χ4n) is 3.02. The number of ether oxygens (including phenoxy) is 1. The molecular formula is C25H30N4O3S. The van der Waals surface area contributed by atoms with Crippen molar-refractivity contribution in [3.05, 3.63) is 65.5 Å². The summed E-state index contributed by atoms with van der Waals surface area (Å²) in [6.07, 6.45) is -0.530. The van der Waals surface area contributed by atoms with Crippen molar-refractivity contribution in [1.82, 2.24) is 9.88 Å². The Kier molecular flexibility index (Phi) is 7.71. The molecular weight excluding hydrogens is 436 g/mol. The highest BCUT2D eigenvalue weighted by Crippen LogP contribution is 2.27. The van der Waals surface area contributed by atoms with E-state index in [9.17, 15) is 9.59 Å². The summed E-state index contributed by atoms with van der Waals surface area (Å²) in [5, 5.41) is 5.80. The van der Waals surface area contributed by atoms with Crippen LogP contribution in [0.15, 0.2) is 60.0 Å². The first-order chi connectivity index (χ1) is 15.6. The van der Waals surface area contributed by atoms with Gasteiger partial charge in [0, 0.05) is 37.3 Å². The largest absolute Gasteiger partial charge is 0.444 e. The molecule has 2 amide bonds. The van der Waals surface area contributed by atoms with Crippen LogP contribution < -0.4 is 10.2 Å². The highest BCUT2D eigenvalue weighted by Gasteiger charge is 2.24. The summed E-state index contributed by atoms with van der Waals surface area (Å²) in [5.41, 5.74) is 2.77. The number of thiazole rings is 1. The minimum absolute atomic E-state index is 0.121. The number of hydrogen-bond acceptors (Lipinski definition) is 6. The molecule has 0 spiro atoms. The molecule has 0 aliphatic heterocycles. The van der Waals surface area contributed by atoms with Gasteiger partial charge in [-0.1, -0.05) is 42.5 Å². The van der Waals surface area contributed by atoms with Gasteiger partial charge < -0.3 is 15.0 Å². The number of rotatable bonds is 7. The number of aromatic nitrogens is 1. The van der Waals surface area contributed by atoms with Crippen LogP contribution in [0.3, 0.4) is 0 Å². The van der Waals surface area contributed by atoms with Gasteiger partial charge in [-0.15, -0.1) is 11.3 Å². The van der Waals surface area contributed by atoms with Gasteiger partial charge in [0.2, 0.25) is 5.91 Å². The molecule has 0 aliphatic rings. The Balaban J connectivity index is 1.66. The molecule has 0 aliphatic carbocycles. The highest BCUT2D eigenvalue weighted by molar-refractivity contribution is 7.14. The molecule has 0 fully saturated rings. The summed E-state index contributed by atoms with van der Waals surface area (Å²) >= 11 is 1.58. The number of nitrogens with zero attached hydrogens (tertiary/aromatic N) is 3. The zero-order chi connectivity index (χ0) is 24.0. The molecule has 1 N–H and O–H groups in total. The molecule has 0 saturated carbocycles. The maximum atomic E-state index is 12.7. The lowest BCUT2D eigenvalue weighted by Gasteiger charge is -2.27. The molecule has 174 valence electrons. The second-order valence-corrected chi connectivity index (χ2v) is 9.69. The molecule has 1 heterocycles. The first kappa shape index (κ1) is 24.3. The molecule has 1 aromatic heterocycles. The molecule has 2 aromatic carbocycles. The number of amides is 2. The average molecular weight is 467 g/mol. The van der Waals surface area contributed by atoms with E-state index in [0.717, 1.165) is 22.0 Å². The predicted molar refractivity (Wildman–Crippen MR) is 134 cm³/mol. The van der Waals surface area contributed by atoms with Crippen molar-refractivity contribution in [2.24, 2.45) is 0 Å². The van der Waals surface area contributed by atoms with E-state index in [4.69, 9.17) is 4.74 Å². The van der Waals surface area contributed by atoms with Crippen molar-refractivity contribution in [2.45, 2.75) is 32.9 Å². The van der Waals surface area contributed by atoms with Crippen LogP contribution in [0.2, 0.25) is 0 Å². The van der Waals surface area contributed by atoms with Crippen molar-refractivity contribution in [2.75, 3.05) is 30.9 Å². The quantitative estimate of drug-likeness (QED) is 0.515. The van der Waals surface area contributed by atoms with Crippen molar-refractivity contribution < 1.29 is 14.3 Å². The van der Waals surface area contributed by atoms with E-state index in [1.54, 1.807) is 32.1 Å². The number of carbonyl (C=O) groups is 2. The molecule has 7 nitrogen and oxygen atoms in total. The Labute approximate surface area is 199 Å². The van der Waals surface area contributed by atoms with E-state index < -0.39 is 11.7 Å². The average Bonchev–Trinajstić information content (AvgIpc) is 3.24. The van der Waals surface area contributed by atoms with Crippen LogP contribution in [0.5, 0.6) is 0 Å². The van der Waals surface area contributed by atoms with Crippen molar-refractivity contribution in [3.63, 3.8) is 0 Å². The minimum Gasteiger partial charge on any atom is -0.444 e. The smallest absolute Gasteiger partial charge is 0.411 e. The maximum Gasteiger partial charge on any atom is 0.411 e. The van der Waals surface area contributed by atoms with E-state index in [1.165, 1.54) is 4.90 Å². The van der Waals surface area contributed by atoms with Gasteiger partial charge in [-0.05, 0) is 38.5 Å². The third-order valence-corrected chi connectivity index (χ3v) is 5.55. The van der Waals surface area contributed by atoms with Gasteiger partial charge in [-0.25, -0.2) is 9.78 Å². The van der Waals surface area contributed by atoms with Gasteiger partial charge in [0.25, 0.3) is 0 Å². The van der Waals surface area contributed by atoms with Gasteiger partial charge in [0.1, 0.15) is 12.1 Å². The second-order valence-electron chi connectivity index (χ2n) is 8.86. The fourth-order valence-corrected chi connectivity index (χ4v) is 3.78. The van der Waals surface area contributed by atoms with E-state index in [1.807, 2.05) is 79.0 Å². The topological polar surface area (TPSA) is 74.8 Å². The van der Waals surface area contributed by atoms with Crippen LogP contribution in [0.1, 0.15) is 26.3 Å². The van der Waals surface area contributed by atoms with Gasteiger partial charge in [0.05, 0.1) is 5.69 Å². The van der Waals surface area contributed by atoms with E-state index in [2.05, 4.69) is 10.3 Å². The van der Waals surface area contributed by atoms with E-state index in [-0.39, 0.29) is 19.0 Å². The number of carbonyl (C=O) groups excluding carboxylic acids is 2. The number of hydrogen-bond donors (Lipinski definition) is 1. The predicted octanol–water partition coefficient (Wildman–Crippen LogP) is 5.25. The van der Waals surface area contributed by atoms with Crippen LogP contribution in [0.25, 0.3) is 11.3 Å². The van der Waals surface area contributed by atoms with Crippen LogP contribution in [-0.2, 0) is 16.1 Å². The number of anilines is 2. The summed E-state index contributed by atoms with van der Waals surface area (Å²) < 4.78 is 5.50. The van der Waals surface area contributed by atoms with Gasteiger partial charge in [0.15, 0.2) is 5.13 Å². The van der Waals surface area contributed by atoms with Gasteiger partial charge in [-0.2, -0.15) is 0 Å². The highest BCUT2D eigenvalue weighted by atomic mass is 32.1. The van der Waals surface area contributed by atoms with Crippen LogP contribution in [-0.4, -0.2) is 48.1 Å². The number of benzene rings is 2. The van der Waals surface area contributed by atoms with Crippen LogP contribution in [0, 0.1) is 0 Å². The summed E-state index contributed by atoms with van der Waals surface area (Å²) in [6, 6.07) is 17.0. The maximum absolute atomic E-state index is 12.7. The number of nitrogens with one attached hydrogen (secondary N) is 1. The molecule has 0 bridgehead atoms. The normalized spacial score (nSPS) is 11.1. The summed E-state index contributed by atoms with van der Waals surface area (Å²) in [7, 11) is 3.92. The SMILES string of the molecule is CN(C)c1nc(-c2ccc(NC(=O)CN(Cc3ccccc3)C(=O)OC(C)(C)C)cc2)cs1. The molecule has 0 unspecified atom stereocenters. The molecule has 0 atom stereocenters. The standard InChI is InChI=1S/C25H30N4O3S/c1-25(2,3)32-24(31)29(15-18-9-7-6-8-10-18)16-22(30)26-20-13-11-19(12-14-20)21-17-33-23(27-21)28(4)5/h6-14,17H,15-16H2,1-5H3,(H,26,30). The lowest BCUT2D eigenvalue weighted by molar-refractivity contribution is -0.117. The monoisotopic (exact) mass is 466 g/mol. The molecule has 3 rings (SSSR count). The lowest BCUT2D eigenvalue weighted by atomic mass is 10.1. The summed E-state index contributed by atoms with van der Waals surface area (Å²) in [4.78, 5) is 33.4. The molecule has 8 heteroatoms. The van der Waals surface area contributed by atoms with Gasteiger partial charge in [-0.3, -0.25) is 9.69 Å².